The van der Waals surface area contributed by atoms with Gasteiger partial charge in [-0.1, -0.05) is 196 Å². The fourth-order valence-corrected chi connectivity index (χ4v) is 32.5. The van der Waals surface area contributed by atoms with Gasteiger partial charge < -0.3 is 0 Å². The summed E-state index contributed by atoms with van der Waals surface area (Å²) in [6.45, 7) is 48.8. The van der Waals surface area contributed by atoms with E-state index in [1.165, 1.54) is 186 Å². The second kappa shape index (κ2) is 36.0. The molecule has 0 N–H and O–H groups in total. The molecule has 0 radical (unpaired) electrons. The minimum atomic E-state index is 0.654. The summed E-state index contributed by atoms with van der Waals surface area (Å²) in [5.41, 5.74) is 4.41. The van der Waals surface area contributed by atoms with Gasteiger partial charge in [-0.3, -0.25) is 0 Å². The zero-order valence-electron chi connectivity index (χ0n) is 75.0. The summed E-state index contributed by atoms with van der Waals surface area (Å²) in [5.74, 6) is 32.6. The molecular formula is C105H188. The molecule has 0 heterocycles. The van der Waals surface area contributed by atoms with Crippen LogP contribution in [0.4, 0.5) is 0 Å². The van der Waals surface area contributed by atoms with Crippen molar-refractivity contribution in [2.75, 3.05) is 0 Å². The van der Waals surface area contributed by atoms with Crippen molar-refractivity contribution in [3.8, 4) is 0 Å². The highest BCUT2D eigenvalue weighted by Gasteiger charge is 2.53. The lowest BCUT2D eigenvalue weighted by Gasteiger charge is -2.56. The Morgan fingerprint density at radius 2 is 0.657 bits per heavy atom. The molecule has 0 aliphatic heterocycles. The van der Waals surface area contributed by atoms with Gasteiger partial charge in [-0.15, -0.1) is 0 Å². The van der Waals surface area contributed by atoms with E-state index in [1.54, 1.807) is 128 Å². The molecule has 0 amide bonds. The van der Waals surface area contributed by atoms with Gasteiger partial charge in [0.1, 0.15) is 0 Å². The monoisotopic (exact) mass is 1450 g/mol. The minimum absolute atomic E-state index is 0.654. The van der Waals surface area contributed by atoms with Crippen LogP contribution in [-0.2, 0) is 0 Å². The molecule has 0 aromatic rings. The number of fused-ring (bicyclic) bond motifs is 22. The third-order valence-corrected chi connectivity index (χ3v) is 42.4. The van der Waals surface area contributed by atoms with Crippen LogP contribution in [0.5, 0.6) is 0 Å². The summed E-state index contributed by atoms with van der Waals surface area (Å²) >= 11 is 0. The van der Waals surface area contributed by atoms with Crippen LogP contribution in [-0.4, -0.2) is 0 Å². The van der Waals surface area contributed by atoms with E-state index in [1.807, 2.05) is 0 Å². The van der Waals surface area contributed by atoms with Crippen molar-refractivity contribution >= 4 is 0 Å². The molecule has 0 heteroatoms. The van der Waals surface area contributed by atoms with Gasteiger partial charge in [0.15, 0.2) is 0 Å². The van der Waals surface area contributed by atoms with E-state index in [-0.39, 0.29) is 0 Å². The van der Waals surface area contributed by atoms with E-state index < -0.39 is 0 Å². The summed E-state index contributed by atoms with van der Waals surface area (Å²) in [6, 6.07) is 0. The van der Waals surface area contributed by atoms with E-state index in [9.17, 15) is 0 Å². The highest BCUT2D eigenvalue weighted by atomic mass is 14.6. The fraction of sp³-hybridized carbons (Fsp3) is 1.00. The van der Waals surface area contributed by atoms with E-state index in [4.69, 9.17) is 0 Å². The van der Waals surface area contributed by atoms with E-state index in [0.29, 0.717) is 10.8 Å². The lowest BCUT2D eigenvalue weighted by Crippen LogP contribution is -2.45. The molecule has 0 saturated heterocycles. The van der Waals surface area contributed by atoms with E-state index in [0.717, 1.165) is 199 Å². The third-order valence-electron chi connectivity index (χ3n) is 42.4. The molecule has 0 spiro atoms. The summed E-state index contributed by atoms with van der Waals surface area (Å²) < 4.78 is 0. The standard InChI is InChI=1S/C12H20.C11H20.3C10H18.4C9H16.C8H14.C8H16/c1-2-12-6-9-3-10(7-12)5-11(4-9)8-12;1-8-9-4-6-10(7-5-9)11(8,2)3;1-7-8-4-5-9(6-8)10(7,2)3;1-8-7-9-3-5-10(8,2)6-4-9;1-7-8(2)10-5-3-9(7)4-6-10;1-7-5-8-3-4-9(7,2)6-8;1-6-7(2)9-4-3-8(6)5-9;1-7-6-8-2-4-9(7)5-3-8;1-2-8-5-7-3-4-9(8)6-7;1-6-4-7-2-3-8(6)5-7;1-3-8(2)6-4-5-7-8/h9-11H,2-8H2,1H3;8-10H,4-7H2,1-3H3;7-9H,4-6H2,1-3H3;8-9H,3-7H2,1-2H3;7-10H,3-6H2,1-2H3;7-8H,3-6H2,1-2H3;6-9H,3-5H2,1-2H3;2*7-9H,2-6H2,1H3;6-8H,2-5H2,1H3;3-7H2,1-2H3/t;8-,9?,10?;7-,8?,9?;8-,9?,10?;7-,8?,9?,10?;7-,8?,9?;6-,7?,8?,9?;7-,8?,9?;;6-,7?,8?;/m.1100000.0./s1. The molecule has 27 rings (SSSR count). The molecule has 27 fully saturated rings. The zero-order chi connectivity index (χ0) is 75.0. The number of hydrogen-bond acceptors (Lipinski definition) is 0. The molecule has 608 valence electrons. The van der Waals surface area contributed by atoms with Crippen molar-refractivity contribution in [2.45, 2.75) is 453 Å². The third kappa shape index (κ3) is 19.9. The van der Waals surface area contributed by atoms with Gasteiger partial charge in [0.25, 0.3) is 0 Å². The van der Waals surface area contributed by atoms with Crippen LogP contribution < -0.4 is 0 Å². The first-order valence-corrected chi connectivity index (χ1v) is 49.9. The molecule has 22 bridgehead atoms. The predicted octanol–water partition coefficient (Wildman–Crippen LogP) is 33.1. The minimum Gasteiger partial charge on any atom is -0.0651 e. The second-order valence-electron chi connectivity index (χ2n) is 48.3. The van der Waals surface area contributed by atoms with Gasteiger partial charge in [0.2, 0.25) is 0 Å². The van der Waals surface area contributed by atoms with E-state index >= 15 is 0 Å². The summed E-state index contributed by atoms with van der Waals surface area (Å²) in [6.07, 6.45) is 75.1. The molecule has 27 saturated carbocycles. The van der Waals surface area contributed by atoms with E-state index in [2.05, 4.69) is 138 Å². The van der Waals surface area contributed by atoms with Gasteiger partial charge in [0, 0.05) is 0 Å². The first-order valence-electron chi connectivity index (χ1n) is 49.9. The lowest BCUT2D eigenvalue weighted by atomic mass is 9.49. The van der Waals surface area contributed by atoms with Crippen LogP contribution in [0.2, 0.25) is 0 Å². The maximum atomic E-state index is 2.49. The molecule has 0 aromatic carbocycles. The summed E-state index contributed by atoms with van der Waals surface area (Å²) in [7, 11) is 0. The molecule has 105 heavy (non-hydrogen) atoms. The Morgan fingerprint density at radius 3 is 0.914 bits per heavy atom. The Bertz CT molecular complexity index is 2460. The molecule has 0 nitrogen and oxygen atoms in total. The Balaban J connectivity index is 0.000000109. The van der Waals surface area contributed by atoms with Crippen molar-refractivity contribution in [1.29, 1.82) is 0 Å². The topological polar surface area (TPSA) is 0 Å². The molecule has 13 unspecified atom stereocenters. The Hall–Kier alpha value is 0. The van der Waals surface area contributed by atoms with Gasteiger partial charge in [-0.2, -0.15) is 0 Å². The Morgan fingerprint density at radius 1 is 0.257 bits per heavy atom. The first kappa shape index (κ1) is 84.4. The van der Waals surface area contributed by atoms with Gasteiger partial charge in [-0.25, -0.2) is 0 Å². The quantitative estimate of drug-likeness (QED) is 0.264. The van der Waals surface area contributed by atoms with Gasteiger partial charge in [-0.05, 0) is 467 Å². The molecule has 21 atom stereocenters. The van der Waals surface area contributed by atoms with Crippen LogP contribution in [0.3, 0.4) is 0 Å². The Kier molecular flexibility index (Phi) is 29.0. The van der Waals surface area contributed by atoms with Crippen LogP contribution in [0.25, 0.3) is 0 Å². The average Bonchev–Trinajstić information content (AvgIpc) is 1.74. The summed E-state index contributed by atoms with van der Waals surface area (Å²) in [5, 5.41) is 0. The highest BCUT2D eigenvalue weighted by molar-refractivity contribution is 5.03. The second-order valence-corrected chi connectivity index (χ2v) is 48.3. The van der Waals surface area contributed by atoms with Crippen molar-refractivity contribution in [2.24, 2.45) is 210 Å². The summed E-state index contributed by atoms with van der Waals surface area (Å²) in [4.78, 5) is 0. The first-order chi connectivity index (χ1) is 49.9. The molecular weight excluding hydrogens is 1260 g/mol. The molecule has 0 aromatic heterocycles. The fourth-order valence-electron chi connectivity index (χ4n) is 32.5. The average molecular weight is 1450 g/mol. The van der Waals surface area contributed by atoms with Crippen LogP contribution in [0.15, 0.2) is 0 Å². The van der Waals surface area contributed by atoms with Crippen LogP contribution in [0.1, 0.15) is 453 Å². The largest absolute Gasteiger partial charge is 0.0651 e. The van der Waals surface area contributed by atoms with Crippen LogP contribution in [0, 0.1) is 210 Å². The maximum absolute atomic E-state index is 2.49. The van der Waals surface area contributed by atoms with Gasteiger partial charge in [0.05, 0.1) is 0 Å². The van der Waals surface area contributed by atoms with Crippen molar-refractivity contribution in [3.05, 3.63) is 0 Å². The normalized spacial score (nSPS) is 50.5. The Labute approximate surface area is 659 Å². The van der Waals surface area contributed by atoms with Crippen molar-refractivity contribution in [1.82, 2.24) is 0 Å². The number of rotatable bonds is 3. The highest BCUT2D eigenvalue weighted by Crippen LogP contribution is 2.64. The predicted molar refractivity (Wildman–Crippen MR) is 459 cm³/mol. The van der Waals surface area contributed by atoms with Gasteiger partial charge >= 0.3 is 0 Å². The molecule has 27 aliphatic carbocycles. The smallest absolute Gasteiger partial charge is 0.0292 e. The molecule has 27 aliphatic rings. The SMILES string of the molecule is CC1C2CCC(C2)[C@H]1C.CC1C2CCC(CC2)[C@H]1C.CCC1(C)CCCC1.CCC12CC3CC(CC(C3)C1)C2.CCC1CC2CCC1C2.C[C@@H]1C2CCC(C2)C1(C)C.C[C@@H]1C2CCC(CC2)C1(C)C.C[C@H]1CC2CCC1(C)C2.C[C@H]1CC2CCC1(C)CC2.C[C@H]1CC2CCC1C2.C[C@H]1CC2CCC1CC2. The van der Waals surface area contributed by atoms with Crippen molar-refractivity contribution in [3.63, 3.8) is 0 Å². The zero-order valence-corrected chi connectivity index (χ0v) is 75.0. The van der Waals surface area contributed by atoms with Crippen molar-refractivity contribution < 1.29 is 0 Å². The number of hydrogen-bond donors (Lipinski definition) is 0. The lowest BCUT2D eigenvalue weighted by molar-refractivity contribution is -0.0545. The maximum Gasteiger partial charge on any atom is -0.0292 e. The van der Waals surface area contributed by atoms with Crippen LogP contribution >= 0.6 is 0 Å².